The van der Waals surface area contributed by atoms with Crippen LogP contribution in [-0.2, 0) is 6.42 Å². The average molecular weight is 591 g/mol. The van der Waals surface area contributed by atoms with Gasteiger partial charge in [0.15, 0.2) is 5.76 Å². The molecule has 0 bridgehead atoms. The van der Waals surface area contributed by atoms with E-state index in [4.69, 9.17) is 9.41 Å². The van der Waals surface area contributed by atoms with Crippen LogP contribution >= 0.6 is 0 Å². The number of para-hydroxylation sites is 1. The molecular formula is C43H30N2O. The van der Waals surface area contributed by atoms with E-state index < -0.39 is 0 Å². The van der Waals surface area contributed by atoms with E-state index in [1.165, 1.54) is 54.6 Å². The minimum Gasteiger partial charge on any atom is -0.456 e. The Morgan fingerprint density at radius 2 is 1.28 bits per heavy atom. The summed E-state index contributed by atoms with van der Waals surface area (Å²) in [6, 6.07) is 50.5. The summed E-state index contributed by atoms with van der Waals surface area (Å²) in [7, 11) is 0. The number of furan rings is 1. The molecule has 1 aromatic heterocycles. The predicted molar refractivity (Wildman–Crippen MR) is 190 cm³/mol. The molecule has 0 spiro atoms. The molecule has 1 aliphatic heterocycles. The van der Waals surface area contributed by atoms with Crippen LogP contribution in [0.5, 0.6) is 0 Å². The van der Waals surface area contributed by atoms with Crippen LogP contribution in [0.25, 0.3) is 54.4 Å². The molecule has 1 aliphatic carbocycles. The molecule has 218 valence electrons. The van der Waals surface area contributed by atoms with Crippen molar-refractivity contribution in [3.05, 3.63) is 162 Å². The molecule has 0 saturated heterocycles. The van der Waals surface area contributed by atoms with E-state index in [0.29, 0.717) is 0 Å². The van der Waals surface area contributed by atoms with Crippen LogP contribution in [0.1, 0.15) is 40.8 Å². The van der Waals surface area contributed by atoms with Gasteiger partial charge in [0.05, 0.1) is 6.04 Å². The molecule has 0 fully saturated rings. The second-order valence-corrected chi connectivity index (χ2v) is 12.7. The first-order valence-electron chi connectivity index (χ1n) is 16.2. The van der Waals surface area contributed by atoms with Crippen molar-refractivity contribution in [1.82, 2.24) is 5.32 Å². The van der Waals surface area contributed by atoms with E-state index in [-0.39, 0.29) is 12.0 Å². The normalized spacial score (nSPS) is 17.3. The highest BCUT2D eigenvalue weighted by Gasteiger charge is 2.38. The van der Waals surface area contributed by atoms with E-state index in [1.807, 2.05) is 6.07 Å². The number of nitrogens with one attached hydrogen (secondary N) is 1. The Balaban J connectivity index is 1.20. The fourth-order valence-electron chi connectivity index (χ4n) is 7.94. The van der Waals surface area contributed by atoms with Gasteiger partial charge in [0, 0.05) is 16.9 Å². The van der Waals surface area contributed by atoms with Gasteiger partial charge in [-0.25, -0.2) is 4.99 Å². The highest BCUT2D eigenvalue weighted by atomic mass is 16.3. The van der Waals surface area contributed by atoms with Crippen molar-refractivity contribution in [3.8, 4) is 11.1 Å². The third-order valence-corrected chi connectivity index (χ3v) is 10.1. The van der Waals surface area contributed by atoms with Gasteiger partial charge in [-0.05, 0) is 91.7 Å². The lowest BCUT2D eigenvalue weighted by Crippen LogP contribution is -2.35. The number of hydrogen-bond donors (Lipinski definition) is 1. The number of fused-ring (bicyclic) bond motifs is 10. The summed E-state index contributed by atoms with van der Waals surface area (Å²) in [5, 5.41) is 12.6. The Labute approximate surface area is 266 Å². The van der Waals surface area contributed by atoms with E-state index in [9.17, 15) is 0 Å². The molecule has 2 heterocycles. The molecule has 2 unspecified atom stereocenters. The monoisotopic (exact) mass is 590 g/mol. The SMILES string of the molecule is c1ccc2cc(C3=Nc4c(oc5ccccc45)C(C4CCc5cc6ccccc6cc5-c5c4ccc4ccccc54)N3)ccc2c1. The molecule has 46 heavy (non-hydrogen) atoms. The summed E-state index contributed by atoms with van der Waals surface area (Å²) < 4.78 is 6.72. The van der Waals surface area contributed by atoms with Crippen LogP contribution < -0.4 is 5.32 Å². The van der Waals surface area contributed by atoms with E-state index in [0.717, 1.165) is 46.7 Å². The van der Waals surface area contributed by atoms with Crippen molar-refractivity contribution in [3.63, 3.8) is 0 Å². The number of aryl methyl sites for hydroxylation is 1. The Morgan fingerprint density at radius 3 is 2.13 bits per heavy atom. The summed E-state index contributed by atoms with van der Waals surface area (Å²) in [5.41, 5.74) is 8.36. The lowest BCUT2D eigenvalue weighted by Gasteiger charge is -2.32. The lowest BCUT2D eigenvalue weighted by molar-refractivity contribution is 0.400. The summed E-state index contributed by atoms with van der Waals surface area (Å²) in [6.45, 7) is 0. The first kappa shape index (κ1) is 25.6. The minimum atomic E-state index is -0.0926. The van der Waals surface area contributed by atoms with Crippen molar-refractivity contribution in [1.29, 1.82) is 0 Å². The summed E-state index contributed by atoms with van der Waals surface area (Å²) >= 11 is 0. The fraction of sp³-hybridized carbons (Fsp3) is 0.0930. The lowest BCUT2D eigenvalue weighted by atomic mass is 9.81. The number of benzene rings is 7. The quantitative estimate of drug-likeness (QED) is 0.217. The Hall–Kier alpha value is -5.67. The molecule has 7 aromatic carbocycles. The maximum absolute atomic E-state index is 6.72. The first-order chi connectivity index (χ1) is 22.8. The third kappa shape index (κ3) is 3.88. The fourth-order valence-corrected chi connectivity index (χ4v) is 7.94. The van der Waals surface area contributed by atoms with E-state index in [2.05, 4.69) is 139 Å². The van der Waals surface area contributed by atoms with Crippen LogP contribution in [0.4, 0.5) is 5.69 Å². The second kappa shape index (κ2) is 9.92. The second-order valence-electron chi connectivity index (χ2n) is 12.7. The molecule has 2 aliphatic rings. The van der Waals surface area contributed by atoms with E-state index in [1.54, 1.807) is 0 Å². The topological polar surface area (TPSA) is 37.5 Å². The number of aliphatic imine (C=N–C) groups is 1. The maximum atomic E-state index is 6.72. The maximum Gasteiger partial charge on any atom is 0.153 e. The molecule has 0 radical (unpaired) electrons. The smallest absolute Gasteiger partial charge is 0.153 e. The van der Waals surface area contributed by atoms with Crippen molar-refractivity contribution in [2.24, 2.45) is 4.99 Å². The van der Waals surface area contributed by atoms with Crippen molar-refractivity contribution < 1.29 is 4.42 Å². The summed E-state index contributed by atoms with van der Waals surface area (Å²) in [6.07, 6.45) is 1.96. The zero-order valence-corrected chi connectivity index (χ0v) is 25.2. The van der Waals surface area contributed by atoms with Crippen molar-refractivity contribution in [2.75, 3.05) is 0 Å². The molecule has 1 N–H and O–H groups in total. The highest BCUT2D eigenvalue weighted by Crippen LogP contribution is 2.51. The molecule has 3 nitrogen and oxygen atoms in total. The molecule has 10 rings (SSSR count). The van der Waals surface area contributed by atoms with Gasteiger partial charge in [-0.2, -0.15) is 0 Å². The Kier molecular flexibility index (Phi) is 5.53. The zero-order chi connectivity index (χ0) is 30.2. The van der Waals surface area contributed by atoms with E-state index >= 15 is 0 Å². The van der Waals surface area contributed by atoms with Crippen LogP contribution in [0, 0.1) is 0 Å². The van der Waals surface area contributed by atoms with Crippen molar-refractivity contribution >= 4 is 54.8 Å². The predicted octanol–water partition coefficient (Wildman–Crippen LogP) is 11.0. The van der Waals surface area contributed by atoms with Gasteiger partial charge in [0.1, 0.15) is 17.1 Å². The summed E-state index contributed by atoms with van der Waals surface area (Å²) in [5.74, 6) is 1.97. The van der Waals surface area contributed by atoms with Crippen molar-refractivity contribution in [2.45, 2.75) is 24.8 Å². The molecule has 3 heteroatoms. The number of amidine groups is 1. The Morgan fingerprint density at radius 1 is 0.609 bits per heavy atom. The molecule has 8 aromatic rings. The molecule has 0 saturated carbocycles. The van der Waals surface area contributed by atoms with Gasteiger partial charge in [0.2, 0.25) is 0 Å². The largest absolute Gasteiger partial charge is 0.456 e. The molecule has 0 amide bonds. The third-order valence-electron chi connectivity index (χ3n) is 10.1. The Bertz CT molecular complexity index is 2540. The number of hydrogen-bond acceptors (Lipinski definition) is 3. The van der Waals surface area contributed by atoms with Crippen LogP contribution in [0.3, 0.4) is 0 Å². The van der Waals surface area contributed by atoms with Gasteiger partial charge < -0.3 is 9.73 Å². The van der Waals surface area contributed by atoms with Crippen LogP contribution in [-0.4, -0.2) is 5.84 Å². The van der Waals surface area contributed by atoms with Gasteiger partial charge in [-0.1, -0.05) is 115 Å². The number of nitrogens with zero attached hydrogens (tertiary/aromatic N) is 1. The van der Waals surface area contributed by atoms with Gasteiger partial charge in [0.25, 0.3) is 0 Å². The zero-order valence-electron chi connectivity index (χ0n) is 25.2. The highest BCUT2D eigenvalue weighted by molar-refractivity contribution is 6.07. The van der Waals surface area contributed by atoms with Crippen LogP contribution in [0.2, 0.25) is 0 Å². The molecular weight excluding hydrogens is 560 g/mol. The average Bonchev–Trinajstić information content (AvgIpc) is 3.41. The summed E-state index contributed by atoms with van der Waals surface area (Å²) in [4.78, 5) is 5.27. The van der Waals surface area contributed by atoms with Crippen LogP contribution in [0.15, 0.2) is 149 Å². The first-order valence-corrected chi connectivity index (χ1v) is 16.2. The minimum absolute atomic E-state index is 0.0926. The van der Waals surface area contributed by atoms with Gasteiger partial charge >= 0.3 is 0 Å². The number of rotatable bonds is 2. The standard InChI is InChI=1S/C43H30N2O/c1-2-11-28-24-32(18-17-26(28)9-1)43-44-40(42-41(45-43)36-15-7-8-16-38(36)46-42)35-22-20-31-23-29-12-3-4-13-30(29)25-37(31)39-33-14-6-5-10-27(33)19-21-34(35)39/h1-19,21,23-25,35,40H,20,22H2,(H,44,45). The molecule has 2 atom stereocenters. The van der Waals surface area contributed by atoms with Gasteiger partial charge in [-0.15, -0.1) is 0 Å². The van der Waals surface area contributed by atoms with Gasteiger partial charge in [-0.3, -0.25) is 0 Å².